The van der Waals surface area contributed by atoms with E-state index in [-0.39, 0.29) is 12.5 Å². The average molecular weight is 361 g/mol. The SMILES string of the molecule is CC1COCCN1c1ccc(NC(=O)COc2ccc(Cl)cc2)cc1. The Kier molecular flexibility index (Phi) is 5.79. The van der Waals surface area contributed by atoms with Gasteiger partial charge in [0.2, 0.25) is 0 Å². The number of hydrogen-bond donors (Lipinski definition) is 1. The highest BCUT2D eigenvalue weighted by Gasteiger charge is 2.18. The fourth-order valence-electron chi connectivity index (χ4n) is 2.72. The van der Waals surface area contributed by atoms with Crippen molar-refractivity contribution in [3.8, 4) is 5.75 Å². The molecular formula is C19H21ClN2O3. The van der Waals surface area contributed by atoms with Gasteiger partial charge in [0.1, 0.15) is 5.75 Å². The van der Waals surface area contributed by atoms with Crippen LogP contribution in [-0.4, -0.2) is 38.3 Å². The smallest absolute Gasteiger partial charge is 0.262 e. The van der Waals surface area contributed by atoms with Crippen LogP contribution in [-0.2, 0) is 9.53 Å². The third-order valence-corrected chi connectivity index (χ3v) is 4.29. The maximum atomic E-state index is 12.0. The highest BCUT2D eigenvalue weighted by atomic mass is 35.5. The minimum atomic E-state index is -0.206. The Morgan fingerprint density at radius 1 is 1.24 bits per heavy atom. The normalized spacial score (nSPS) is 17.2. The minimum Gasteiger partial charge on any atom is -0.484 e. The standard InChI is InChI=1S/C19H21ClN2O3/c1-14-12-24-11-10-22(14)17-6-4-16(5-7-17)21-19(23)13-25-18-8-2-15(20)3-9-18/h2-9,14H,10-13H2,1H3,(H,21,23). The fourth-order valence-corrected chi connectivity index (χ4v) is 2.85. The second kappa shape index (κ2) is 8.23. The molecule has 2 aromatic rings. The zero-order valence-corrected chi connectivity index (χ0v) is 14.8. The van der Waals surface area contributed by atoms with E-state index in [2.05, 4.69) is 17.1 Å². The van der Waals surface area contributed by atoms with Crippen LogP contribution in [0.1, 0.15) is 6.92 Å². The number of benzene rings is 2. The van der Waals surface area contributed by atoms with E-state index in [9.17, 15) is 4.79 Å². The van der Waals surface area contributed by atoms with Gasteiger partial charge < -0.3 is 19.7 Å². The number of rotatable bonds is 5. The summed E-state index contributed by atoms with van der Waals surface area (Å²) in [6.07, 6.45) is 0. The first-order valence-electron chi connectivity index (χ1n) is 8.24. The number of halogens is 1. The molecule has 6 heteroatoms. The Balaban J connectivity index is 1.52. The molecule has 3 rings (SSSR count). The molecule has 1 N–H and O–H groups in total. The van der Waals surface area contributed by atoms with Gasteiger partial charge in [0.05, 0.1) is 13.2 Å². The number of morpholine rings is 1. The van der Waals surface area contributed by atoms with Gasteiger partial charge in [0.25, 0.3) is 5.91 Å². The molecule has 1 fully saturated rings. The number of hydrogen-bond acceptors (Lipinski definition) is 4. The van der Waals surface area contributed by atoms with Crippen LogP contribution in [0.2, 0.25) is 5.02 Å². The first-order chi connectivity index (χ1) is 12.1. The van der Waals surface area contributed by atoms with Gasteiger partial charge in [-0.25, -0.2) is 0 Å². The molecule has 1 saturated heterocycles. The number of anilines is 2. The van der Waals surface area contributed by atoms with Crippen molar-refractivity contribution in [3.63, 3.8) is 0 Å². The summed E-state index contributed by atoms with van der Waals surface area (Å²) in [5.74, 6) is 0.402. The summed E-state index contributed by atoms with van der Waals surface area (Å²) in [7, 11) is 0. The number of carbonyl (C=O) groups excluding carboxylic acids is 1. The Hall–Kier alpha value is -2.24. The number of ether oxygens (including phenoxy) is 2. The van der Waals surface area contributed by atoms with E-state index in [1.807, 2.05) is 24.3 Å². The molecule has 0 spiro atoms. The predicted octanol–water partition coefficient (Wildman–Crippen LogP) is 3.58. The molecule has 1 aliphatic rings. The van der Waals surface area contributed by atoms with Crippen LogP contribution in [0.25, 0.3) is 0 Å². The van der Waals surface area contributed by atoms with E-state index in [0.717, 1.165) is 31.1 Å². The summed E-state index contributed by atoms with van der Waals surface area (Å²) in [4.78, 5) is 14.3. The van der Waals surface area contributed by atoms with E-state index >= 15 is 0 Å². The molecule has 0 aromatic heterocycles. The number of nitrogens with zero attached hydrogens (tertiary/aromatic N) is 1. The lowest BCUT2D eigenvalue weighted by Crippen LogP contribution is -2.43. The molecule has 1 atom stereocenters. The molecule has 1 unspecified atom stereocenters. The van der Waals surface area contributed by atoms with Crippen LogP contribution >= 0.6 is 11.6 Å². The van der Waals surface area contributed by atoms with E-state index in [4.69, 9.17) is 21.1 Å². The number of carbonyl (C=O) groups is 1. The lowest BCUT2D eigenvalue weighted by Gasteiger charge is -2.35. The Morgan fingerprint density at radius 3 is 2.64 bits per heavy atom. The zero-order valence-electron chi connectivity index (χ0n) is 14.1. The monoisotopic (exact) mass is 360 g/mol. The summed E-state index contributed by atoms with van der Waals surface area (Å²) < 4.78 is 10.9. The Morgan fingerprint density at radius 2 is 1.96 bits per heavy atom. The minimum absolute atomic E-state index is 0.0517. The summed E-state index contributed by atoms with van der Waals surface area (Å²) in [5.41, 5.74) is 1.88. The molecule has 1 aliphatic heterocycles. The molecule has 0 saturated carbocycles. The lowest BCUT2D eigenvalue weighted by molar-refractivity contribution is -0.118. The number of nitrogens with one attached hydrogen (secondary N) is 1. The van der Waals surface area contributed by atoms with Gasteiger partial charge in [-0.05, 0) is 55.5 Å². The zero-order chi connectivity index (χ0) is 17.6. The largest absolute Gasteiger partial charge is 0.484 e. The fraction of sp³-hybridized carbons (Fsp3) is 0.316. The Labute approximate surface area is 152 Å². The van der Waals surface area contributed by atoms with E-state index in [1.54, 1.807) is 24.3 Å². The molecule has 1 heterocycles. The maximum absolute atomic E-state index is 12.0. The molecule has 0 bridgehead atoms. The van der Waals surface area contributed by atoms with Crippen molar-refractivity contribution in [2.75, 3.05) is 36.6 Å². The van der Waals surface area contributed by atoms with Gasteiger partial charge >= 0.3 is 0 Å². The topological polar surface area (TPSA) is 50.8 Å². The van der Waals surface area contributed by atoms with Gasteiger partial charge in [-0.15, -0.1) is 0 Å². The first-order valence-corrected chi connectivity index (χ1v) is 8.62. The van der Waals surface area contributed by atoms with Crippen LogP contribution in [0.5, 0.6) is 5.75 Å². The highest BCUT2D eigenvalue weighted by molar-refractivity contribution is 6.30. The molecule has 25 heavy (non-hydrogen) atoms. The predicted molar refractivity (Wildman–Crippen MR) is 99.6 cm³/mol. The van der Waals surface area contributed by atoms with Crippen molar-refractivity contribution >= 4 is 28.9 Å². The van der Waals surface area contributed by atoms with Gasteiger partial charge in [-0.3, -0.25) is 4.79 Å². The lowest BCUT2D eigenvalue weighted by atomic mass is 10.2. The number of amides is 1. The molecular weight excluding hydrogens is 340 g/mol. The van der Waals surface area contributed by atoms with Crippen molar-refractivity contribution in [2.24, 2.45) is 0 Å². The maximum Gasteiger partial charge on any atom is 0.262 e. The van der Waals surface area contributed by atoms with E-state index < -0.39 is 0 Å². The quantitative estimate of drug-likeness (QED) is 0.885. The molecule has 5 nitrogen and oxygen atoms in total. The second-order valence-electron chi connectivity index (χ2n) is 5.95. The van der Waals surface area contributed by atoms with Crippen molar-refractivity contribution in [2.45, 2.75) is 13.0 Å². The molecule has 132 valence electrons. The van der Waals surface area contributed by atoms with Crippen LogP contribution in [0, 0.1) is 0 Å². The van der Waals surface area contributed by atoms with Crippen molar-refractivity contribution in [1.29, 1.82) is 0 Å². The van der Waals surface area contributed by atoms with Crippen LogP contribution in [0.4, 0.5) is 11.4 Å². The summed E-state index contributed by atoms with van der Waals surface area (Å²) >= 11 is 5.81. The third kappa shape index (κ3) is 4.87. The van der Waals surface area contributed by atoms with Crippen molar-refractivity contribution < 1.29 is 14.3 Å². The molecule has 1 amide bonds. The average Bonchev–Trinajstić information content (AvgIpc) is 2.62. The summed E-state index contributed by atoms with van der Waals surface area (Å²) in [6, 6.07) is 15.1. The van der Waals surface area contributed by atoms with Gasteiger partial charge in [-0.2, -0.15) is 0 Å². The van der Waals surface area contributed by atoms with Crippen LogP contribution < -0.4 is 15.0 Å². The van der Waals surface area contributed by atoms with E-state index in [1.165, 1.54) is 0 Å². The second-order valence-corrected chi connectivity index (χ2v) is 6.39. The van der Waals surface area contributed by atoms with Gasteiger partial charge in [-0.1, -0.05) is 11.6 Å². The third-order valence-electron chi connectivity index (χ3n) is 4.03. The van der Waals surface area contributed by atoms with Gasteiger partial charge in [0, 0.05) is 29.0 Å². The van der Waals surface area contributed by atoms with E-state index in [0.29, 0.717) is 16.8 Å². The van der Waals surface area contributed by atoms with Crippen LogP contribution in [0.15, 0.2) is 48.5 Å². The Bertz CT molecular complexity index is 704. The first kappa shape index (κ1) is 17.6. The molecule has 2 aromatic carbocycles. The van der Waals surface area contributed by atoms with Gasteiger partial charge in [0.15, 0.2) is 6.61 Å². The van der Waals surface area contributed by atoms with Crippen molar-refractivity contribution in [1.82, 2.24) is 0 Å². The summed E-state index contributed by atoms with van der Waals surface area (Å²) in [6.45, 7) is 4.44. The van der Waals surface area contributed by atoms with Crippen LogP contribution in [0.3, 0.4) is 0 Å². The molecule has 0 radical (unpaired) electrons. The highest BCUT2D eigenvalue weighted by Crippen LogP contribution is 2.22. The van der Waals surface area contributed by atoms with Crippen molar-refractivity contribution in [3.05, 3.63) is 53.6 Å². The summed E-state index contributed by atoms with van der Waals surface area (Å²) in [5, 5.41) is 3.46. The molecule has 0 aliphatic carbocycles.